The average Bonchev–Trinajstić information content (AvgIpc) is 2.35. The van der Waals surface area contributed by atoms with E-state index in [0.29, 0.717) is 12.0 Å². The molecule has 0 unspecified atom stereocenters. The van der Waals surface area contributed by atoms with Crippen LogP contribution in [0.15, 0.2) is 24.3 Å². The molecule has 0 aromatic heterocycles. The highest BCUT2D eigenvalue weighted by Crippen LogP contribution is 2.11. The molecule has 0 heterocycles. The quantitative estimate of drug-likeness (QED) is 0.870. The molecule has 22 heavy (non-hydrogen) atoms. The number of hydrogen-bond donors (Lipinski definition) is 2. The van der Waals surface area contributed by atoms with Gasteiger partial charge in [0, 0.05) is 6.04 Å². The predicted molar refractivity (Wildman–Crippen MR) is 80.3 cm³/mol. The third-order valence-corrected chi connectivity index (χ3v) is 2.68. The maximum absolute atomic E-state index is 11.8. The summed E-state index contributed by atoms with van der Waals surface area (Å²) >= 11 is 0. The largest absolute Gasteiger partial charge is 0.481 e. The van der Waals surface area contributed by atoms with E-state index in [1.807, 2.05) is 6.07 Å². The number of benzene rings is 1. The van der Waals surface area contributed by atoms with Crippen LogP contribution in [0.2, 0.25) is 0 Å². The lowest BCUT2D eigenvalue weighted by Gasteiger charge is -2.23. The van der Waals surface area contributed by atoms with Crippen molar-refractivity contribution in [1.82, 2.24) is 5.32 Å². The first kappa shape index (κ1) is 17.5. The Balaban J connectivity index is 2.78. The second-order valence-electron chi connectivity index (χ2n) is 5.96. The molecule has 0 radical (unpaired) electrons. The number of nitrogens with one attached hydrogen (secondary N) is 1. The molecule has 0 aliphatic carbocycles. The molecule has 0 saturated heterocycles. The molecule has 1 aromatic carbocycles. The highest BCUT2D eigenvalue weighted by atomic mass is 16.6. The number of alkyl carbamates (subject to hydrolysis) is 1. The van der Waals surface area contributed by atoms with E-state index in [-0.39, 0.29) is 6.42 Å². The van der Waals surface area contributed by atoms with E-state index in [2.05, 4.69) is 5.32 Å². The maximum atomic E-state index is 11.8. The summed E-state index contributed by atoms with van der Waals surface area (Å²) in [6.45, 7) is 5.19. The van der Waals surface area contributed by atoms with E-state index < -0.39 is 23.7 Å². The zero-order chi connectivity index (χ0) is 16.8. The standard InChI is InChI=1S/C16H20N2O4/c1-16(2,3)22-15(21)18-13(9-14(19)20)8-11-5-4-6-12(7-11)10-17/h4-7,13H,8-9H2,1-3H3,(H,18,21)(H,19,20)/t13-/m1/s1. The lowest BCUT2D eigenvalue weighted by Crippen LogP contribution is -2.41. The van der Waals surface area contributed by atoms with Crippen molar-refractivity contribution >= 4 is 12.1 Å². The van der Waals surface area contributed by atoms with Crippen molar-refractivity contribution in [3.05, 3.63) is 35.4 Å². The number of carbonyl (C=O) groups is 2. The molecular weight excluding hydrogens is 284 g/mol. The Kier molecular flexibility index (Phi) is 5.93. The van der Waals surface area contributed by atoms with Gasteiger partial charge in [-0.2, -0.15) is 5.26 Å². The summed E-state index contributed by atoms with van der Waals surface area (Å²) in [5, 5.41) is 20.4. The third-order valence-electron chi connectivity index (χ3n) is 2.68. The number of nitriles is 1. The minimum absolute atomic E-state index is 0.226. The first-order chi connectivity index (χ1) is 10.2. The van der Waals surface area contributed by atoms with E-state index in [9.17, 15) is 9.59 Å². The molecule has 0 bridgehead atoms. The van der Waals surface area contributed by atoms with Crippen molar-refractivity contribution in [3.63, 3.8) is 0 Å². The van der Waals surface area contributed by atoms with E-state index in [0.717, 1.165) is 5.56 Å². The predicted octanol–water partition coefficient (Wildman–Crippen LogP) is 2.47. The summed E-state index contributed by atoms with van der Waals surface area (Å²) in [6, 6.07) is 8.26. The Labute approximate surface area is 129 Å². The summed E-state index contributed by atoms with van der Waals surface area (Å²) in [5.41, 5.74) is 0.615. The lowest BCUT2D eigenvalue weighted by molar-refractivity contribution is -0.137. The maximum Gasteiger partial charge on any atom is 0.407 e. The molecule has 1 rings (SSSR count). The highest BCUT2D eigenvalue weighted by Gasteiger charge is 2.21. The van der Waals surface area contributed by atoms with Gasteiger partial charge in [0.05, 0.1) is 18.1 Å². The Morgan fingerprint density at radius 1 is 1.41 bits per heavy atom. The highest BCUT2D eigenvalue weighted by molar-refractivity contribution is 5.71. The van der Waals surface area contributed by atoms with Gasteiger partial charge in [-0.05, 0) is 44.9 Å². The van der Waals surface area contributed by atoms with Crippen LogP contribution in [0.5, 0.6) is 0 Å². The van der Waals surface area contributed by atoms with Crippen LogP contribution in [0.3, 0.4) is 0 Å². The lowest BCUT2D eigenvalue weighted by atomic mass is 10.0. The number of carbonyl (C=O) groups excluding carboxylic acids is 1. The van der Waals surface area contributed by atoms with Gasteiger partial charge in [0.25, 0.3) is 0 Å². The SMILES string of the molecule is CC(C)(C)OC(=O)N[C@@H](CC(=O)O)Cc1cccc(C#N)c1. The van der Waals surface area contributed by atoms with Gasteiger partial charge in [-0.1, -0.05) is 12.1 Å². The average molecular weight is 304 g/mol. The number of rotatable bonds is 5. The summed E-state index contributed by atoms with van der Waals surface area (Å²) in [5.74, 6) is -1.02. The molecule has 0 fully saturated rings. The Hall–Kier alpha value is -2.55. The fraction of sp³-hybridized carbons (Fsp3) is 0.438. The first-order valence-corrected chi connectivity index (χ1v) is 6.90. The number of amides is 1. The minimum atomic E-state index is -1.02. The zero-order valence-electron chi connectivity index (χ0n) is 12.9. The normalized spacial score (nSPS) is 12.1. The Bertz CT molecular complexity index is 585. The van der Waals surface area contributed by atoms with E-state index in [1.54, 1.807) is 45.0 Å². The van der Waals surface area contributed by atoms with Gasteiger partial charge in [-0.3, -0.25) is 4.79 Å². The number of carboxylic acids is 1. The van der Waals surface area contributed by atoms with Crippen molar-refractivity contribution in [2.24, 2.45) is 0 Å². The smallest absolute Gasteiger partial charge is 0.407 e. The number of nitrogens with zero attached hydrogens (tertiary/aromatic N) is 1. The van der Waals surface area contributed by atoms with E-state index >= 15 is 0 Å². The Morgan fingerprint density at radius 2 is 2.09 bits per heavy atom. The number of aliphatic carboxylic acids is 1. The van der Waals surface area contributed by atoms with Crippen molar-refractivity contribution in [3.8, 4) is 6.07 Å². The summed E-state index contributed by atoms with van der Waals surface area (Å²) in [7, 11) is 0. The zero-order valence-corrected chi connectivity index (χ0v) is 12.9. The van der Waals surface area contributed by atoms with Gasteiger partial charge < -0.3 is 15.2 Å². The molecule has 6 nitrogen and oxygen atoms in total. The Morgan fingerprint density at radius 3 is 2.64 bits per heavy atom. The number of hydrogen-bond acceptors (Lipinski definition) is 4. The van der Waals surface area contributed by atoms with Crippen molar-refractivity contribution in [1.29, 1.82) is 5.26 Å². The van der Waals surface area contributed by atoms with Crippen molar-refractivity contribution < 1.29 is 19.4 Å². The molecule has 2 N–H and O–H groups in total. The van der Waals surface area contributed by atoms with Crippen LogP contribution in [0, 0.1) is 11.3 Å². The molecule has 0 spiro atoms. The molecule has 0 aliphatic heterocycles. The summed E-state index contributed by atoms with van der Waals surface area (Å²) < 4.78 is 5.14. The van der Waals surface area contributed by atoms with Crippen LogP contribution in [0.1, 0.15) is 38.3 Å². The van der Waals surface area contributed by atoms with Crippen LogP contribution in [0.25, 0.3) is 0 Å². The molecule has 1 amide bonds. The fourth-order valence-electron chi connectivity index (χ4n) is 1.91. The van der Waals surface area contributed by atoms with Gasteiger partial charge in [0.15, 0.2) is 0 Å². The first-order valence-electron chi connectivity index (χ1n) is 6.90. The minimum Gasteiger partial charge on any atom is -0.481 e. The third kappa shape index (κ3) is 6.75. The van der Waals surface area contributed by atoms with Gasteiger partial charge >= 0.3 is 12.1 Å². The van der Waals surface area contributed by atoms with Gasteiger partial charge in [-0.25, -0.2) is 4.79 Å². The summed E-state index contributed by atoms with van der Waals surface area (Å²) in [4.78, 5) is 22.7. The van der Waals surface area contributed by atoms with Crippen molar-refractivity contribution in [2.75, 3.05) is 0 Å². The van der Waals surface area contributed by atoms with E-state index in [1.165, 1.54) is 0 Å². The van der Waals surface area contributed by atoms with Crippen molar-refractivity contribution in [2.45, 2.75) is 45.3 Å². The van der Waals surface area contributed by atoms with Crippen LogP contribution < -0.4 is 5.32 Å². The van der Waals surface area contributed by atoms with Crippen LogP contribution in [0.4, 0.5) is 4.79 Å². The van der Waals surface area contributed by atoms with Crippen LogP contribution >= 0.6 is 0 Å². The second-order valence-corrected chi connectivity index (χ2v) is 5.96. The van der Waals surface area contributed by atoms with Gasteiger partial charge in [0.2, 0.25) is 0 Å². The molecule has 6 heteroatoms. The van der Waals surface area contributed by atoms with Gasteiger partial charge in [-0.15, -0.1) is 0 Å². The molecule has 118 valence electrons. The number of carboxylic acid groups (broad SMARTS) is 1. The van der Waals surface area contributed by atoms with Gasteiger partial charge in [0.1, 0.15) is 5.60 Å². The number of ether oxygens (including phenoxy) is 1. The molecular formula is C16H20N2O4. The van der Waals surface area contributed by atoms with Crippen LogP contribution in [-0.2, 0) is 16.0 Å². The topological polar surface area (TPSA) is 99.4 Å². The van der Waals surface area contributed by atoms with Crippen LogP contribution in [-0.4, -0.2) is 28.8 Å². The molecule has 0 saturated carbocycles. The fourth-order valence-corrected chi connectivity index (χ4v) is 1.91. The van der Waals surface area contributed by atoms with E-state index in [4.69, 9.17) is 15.1 Å². The molecule has 1 atom stereocenters. The molecule has 1 aromatic rings. The molecule has 0 aliphatic rings. The monoisotopic (exact) mass is 304 g/mol. The summed E-state index contributed by atoms with van der Waals surface area (Å²) in [6.07, 6.45) is -0.577. The second kappa shape index (κ2) is 7.46.